The van der Waals surface area contributed by atoms with E-state index in [1.807, 2.05) is 6.20 Å². The Morgan fingerprint density at radius 2 is 2.18 bits per heavy atom. The molecule has 6 heteroatoms. The van der Waals surface area contributed by atoms with Gasteiger partial charge in [-0.3, -0.25) is 4.90 Å². The fraction of sp³-hybridized carbons (Fsp3) is 0.375. The Kier molecular flexibility index (Phi) is 4.22. The molecule has 0 radical (unpaired) electrons. The number of hydrogen-bond donors (Lipinski definition) is 2. The standard InChI is InChI=1S/C16H19N3O3/c20-11-12-5-6-18(8-12)9-13-7-17-19(10-13)15-4-2-1-3-14(15)16(21)22/h1-4,7,10,12,20H,5-6,8-9,11H2,(H,21,22)/t12-/m1/s1. The number of carboxylic acids is 1. The van der Waals surface area contributed by atoms with Crippen molar-refractivity contribution in [2.45, 2.75) is 13.0 Å². The molecular formula is C16H19N3O3. The molecule has 1 aliphatic rings. The summed E-state index contributed by atoms with van der Waals surface area (Å²) in [4.78, 5) is 13.6. The normalized spacial score (nSPS) is 18.7. The van der Waals surface area contributed by atoms with Crippen LogP contribution in [0.2, 0.25) is 0 Å². The van der Waals surface area contributed by atoms with Crippen molar-refractivity contribution < 1.29 is 15.0 Å². The number of rotatable bonds is 5. The van der Waals surface area contributed by atoms with E-state index in [0.29, 0.717) is 11.6 Å². The second-order valence-electron chi connectivity index (χ2n) is 5.69. The van der Waals surface area contributed by atoms with E-state index < -0.39 is 5.97 Å². The lowest BCUT2D eigenvalue weighted by Crippen LogP contribution is -2.20. The highest BCUT2D eigenvalue weighted by Gasteiger charge is 2.22. The van der Waals surface area contributed by atoms with Crippen LogP contribution in [0.5, 0.6) is 0 Å². The van der Waals surface area contributed by atoms with Crippen molar-refractivity contribution in [3.05, 3.63) is 47.8 Å². The molecule has 2 N–H and O–H groups in total. The number of aliphatic hydroxyl groups excluding tert-OH is 1. The zero-order chi connectivity index (χ0) is 15.5. The van der Waals surface area contributed by atoms with Gasteiger partial charge < -0.3 is 10.2 Å². The van der Waals surface area contributed by atoms with Crippen LogP contribution in [0.3, 0.4) is 0 Å². The van der Waals surface area contributed by atoms with Gasteiger partial charge in [-0.15, -0.1) is 0 Å². The van der Waals surface area contributed by atoms with Crippen LogP contribution in [-0.2, 0) is 6.54 Å². The van der Waals surface area contributed by atoms with Crippen molar-refractivity contribution in [2.24, 2.45) is 5.92 Å². The zero-order valence-electron chi connectivity index (χ0n) is 12.2. The third kappa shape index (κ3) is 3.03. The maximum atomic E-state index is 11.3. The summed E-state index contributed by atoms with van der Waals surface area (Å²) in [5.74, 6) is -0.597. The maximum Gasteiger partial charge on any atom is 0.337 e. The largest absolute Gasteiger partial charge is 0.478 e. The fourth-order valence-corrected chi connectivity index (χ4v) is 2.89. The van der Waals surface area contributed by atoms with Gasteiger partial charge in [-0.1, -0.05) is 12.1 Å². The van der Waals surface area contributed by atoms with Gasteiger partial charge in [-0.25, -0.2) is 9.48 Å². The highest BCUT2D eigenvalue weighted by molar-refractivity contribution is 5.91. The van der Waals surface area contributed by atoms with Crippen LogP contribution in [0, 0.1) is 5.92 Å². The number of likely N-dealkylation sites (tertiary alicyclic amines) is 1. The topological polar surface area (TPSA) is 78.6 Å². The minimum atomic E-state index is -0.960. The van der Waals surface area contributed by atoms with Crippen molar-refractivity contribution >= 4 is 5.97 Å². The molecule has 0 bridgehead atoms. The molecule has 1 aromatic carbocycles. The number of aliphatic hydroxyl groups is 1. The molecule has 6 nitrogen and oxygen atoms in total. The van der Waals surface area contributed by atoms with Crippen LogP contribution in [0.4, 0.5) is 0 Å². The number of nitrogens with zero attached hydrogens (tertiary/aromatic N) is 3. The summed E-state index contributed by atoms with van der Waals surface area (Å²) in [7, 11) is 0. The summed E-state index contributed by atoms with van der Waals surface area (Å²) >= 11 is 0. The molecule has 1 aromatic heterocycles. The number of aromatic nitrogens is 2. The van der Waals surface area contributed by atoms with Crippen LogP contribution >= 0.6 is 0 Å². The Bertz CT molecular complexity index is 668. The van der Waals surface area contributed by atoms with Crippen LogP contribution in [0.1, 0.15) is 22.3 Å². The third-order valence-corrected chi connectivity index (χ3v) is 4.05. The molecule has 116 valence electrons. The Balaban J connectivity index is 1.76. The fourth-order valence-electron chi connectivity index (χ4n) is 2.89. The first kappa shape index (κ1) is 14.7. The summed E-state index contributed by atoms with van der Waals surface area (Å²) in [5, 5.41) is 22.7. The van der Waals surface area contributed by atoms with Crippen molar-refractivity contribution in [3.8, 4) is 5.69 Å². The van der Waals surface area contributed by atoms with Crippen LogP contribution in [-0.4, -0.2) is 50.6 Å². The lowest BCUT2D eigenvalue weighted by molar-refractivity contribution is 0.0696. The average molecular weight is 301 g/mol. The molecule has 0 unspecified atom stereocenters. The van der Waals surface area contributed by atoms with Gasteiger partial charge in [-0.05, 0) is 31.0 Å². The second kappa shape index (κ2) is 6.29. The minimum Gasteiger partial charge on any atom is -0.478 e. The molecule has 0 amide bonds. The average Bonchev–Trinajstić information content (AvgIpc) is 3.17. The molecule has 2 aromatic rings. The first-order valence-electron chi connectivity index (χ1n) is 7.37. The van der Waals surface area contributed by atoms with E-state index in [1.54, 1.807) is 35.1 Å². The Morgan fingerprint density at radius 3 is 2.91 bits per heavy atom. The molecule has 1 aliphatic heterocycles. The summed E-state index contributed by atoms with van der Waals surface area (Å²) in [6.07, 6.45) is 4.66. The van der Waals surface area contributed by atoms with E-state index in [-0.39, 0.29) is 12.2 Å². The van der Waals surface area contributed by atoms with E-state index in [9.17, 15) is 15.0 Å². The summed E-state index contributed by atoms with van der Waals surface area (Å²) in [6.45, 7) is 2.88. The summed E-state index contributed by atoms with van der Waals surface area (Å²) in [5.41, 5.74) is 1.84. The first-order chi connectivity index (χ1) is 10.7. The molecule has 3 rings (SSSR count). The quantitative estimate of drug-likeness (QED) is 0.872. The minimum absolute atomic E-state index is 0.235. The van der Waals surface area contributed by atoms with Gasteiger partial charge in [0.05, 0.1) is 17.4 Å². The molecular weight excluding hydrogens is 282 g/mol. The van der Waals surface area contributed by atoms with Crippen molar-refractivity contribution in [1.82, 2.24) is 14.7 Å². The van der Waals surface area contributed by atoms with Gasteiger partial charge in [-0.2, -0.15) is 5.10 Å². The predicted molar refractivity (Wildman–Crippen MR) is 81.0 cm³/mol. The number of carbonyl (C=O) groups is 1. The van der Waals surface area contributed by atoms with E-state index in [1.165, 1.54) is 0 Å². The van der Waals surface area contributed by atoms with E-state index in [4.69, 9.17) is 0 Å². The Labute approximate surface area is 128 Å². The Morgan fingerprint density at radius 1 is 1.36 bits per heavy atom. The number of para-hydroxylation sites is 1. The molecule has 2 heterocycles. The lowest BCUT2D eigenvalue weighted by atomic mass is 10.1. The smallest absolute Gasteiger partial charge is 0.337 e. The van der Waals surface area contributed by atoms with Gasteiger partial charge in [0.25, 0.3) is 0 Å². The van der Waals surface area contributed by atoms with Gasteiger partial charge in [0.2, 0.25) is 0 Å². The second-order valence-corrected chi connectivity index (χ2v) is 5.69. The predicted octanol–water partition coefficient (Wildman–Crippen LogP) is 1.38. The van der Waals surface area contributed by atoms with E-state index >= 15 is 0 Å². The van der Waals surface area contributed by atoms with Crippen LogP contribution in [0.25, 0.3) is 5.69 Å². The number of benzene rings is 1. The van der Waals surface area contributed by atoms with E-state index in [2.05, 4.69) is 10.00 Å². The van der Waals surface area contributed by atoms with Crippen molar-refractivity contribution in [3.63, 3.8) is 0 Å². The van der Waals surface area contributed by atoms with E-state index in [0.717, 1.165) is 31.6 Å². The van der Waals surface area contributed by atoms with Crippen molar-refractivity contribution in [1.29, 1.82) is 0 Å². The monoisotopic (exact) mass is 301 g/mol. The van der Waals surface area contributed by atoms with Gasteiger partial charge in [0, 0.05) is 31.5 Å². The van der Waals surface area contributed by atoms with Gasteiger partial charge in [0.1, 0.15) is 0 Å². The first-order valence-corrected chi connectivity index (χ1v) is 7.37. The molecule has 0 saturated carbocycles. The van der Waals surface area contributed by atoms with Crippen LogP contribution < -0.4 is 0 Å². The SMILES string of the molecule is O=C(O)c1ccccc1-n1cc(CN2CC[C@@H](CO)C2)cn1. The molecule has 22 heavy (non-hydrogen) atoms. The molecule has 1 fully saturated rings. The lowest BCUT2D eigenvalue weighted by Gasteiger charge is -2.13. The Hall–Kier alpha value is -2.18. The third-order valence-electron chi connectivity index (χ3n) is 4.05. The number of hydrogen-bond acceptors (Lipinski definition) is 4. The van der Waals surface area contributed by atoms with Gasteiger partial charge >= 0.3 is 5.97 Å². The zero-order valence-corrected chi connectivity index (χ0v) is 12.2. The molecule has 0 spiro atoms. The highest BCUT2D eigenvalue weighted by atomic mass is 16.4. The number of carboxylic acid groups (broad SMARTS) is 1. The molecule has 0 aliphatic carbocycles. The molecule has 1 saturated heterocycles. The summed E-state index contributed by atoms with van der Waals surface area (Å²) < 4.78 is 1.61. The molecule has 1 atom stereocenters. The van der Waals surface area contributed by atoms with Crippen molar-refractivity contribution in [2.75, 3.05) is 19.7 Å². The van der Waals surface area contributed by atoms with Gasteiger partial charge in [0.15, 0.2) is 0 Å². The van der Waals surface area contributed by atoms with Crippen LogP contribution in [0.15, 0.2) is 36.7 Å². The highest BCUT2D eigenvalue weighted by Crippen LogP contribution is 2.19. The maximum absolute atomic E-state index is 11.3. The summed E-state index contributed by atoms with van der Waals surface area (Å²) in [6, 6.07) is 6.83. The number of aromatic carboxylic acids is 1.